The summed E-state index contributed by atoms with van der Waals surface area (Å²) in [6.45, 7) is 5.87. The van der Waals surface area contributed by atoms with Gasteiger partial charge in [0.15, 0.2) is 0 Å². The number of unbranched alkanes of at least 4 members (excludes halogenated alkanes) is 6. The van der Waals surface area contributed by atoms with E-state index in [1.165, 1.54) is 32.1 Å². The van der Waals surface area contributed by atoms with Crippen molar-refractivity contribution in [1.82, 2.24) is 10.2 Å². The molecule has 0 bridgehead atoms. The molecule has 2 aromatic rings. The second-order valence-electron chi connectivity index (χ2n) is 6.60. The molecule has 4 heteroatoms. The zero-order chi connectivity index (χ0) is 18.5. The Morgan fingerprint density at radius 1 is 0.654 bits per heavy atom. The normalized spacial score (nSPS) is 10.7. The van der Waals surface area contributed by atoms with Gasteiger partial charge >= 0.3 is 0 Å². The molecule has 0 N–H and O–H groups in total. The lowest BCUT2D eigenvalue weighted by molar-refractivity contribution is 0.290. The predicted octanol–water partition coefficient (Wildman–Crippen LogP) is 6.06. The van der Waals surface area contributed by atoms with E-state index in [1.54, 1.807) is 0 Å². The SMILES string of the molecule is CCCCCCCCOc1ccc(-c2ccc(OCCCC)cc2)nn1. The van der Waals surface area contributed by atoms with Crippen LogP contribution in [0.15, 0.2) is 36.4 Å². The zero-order valence-electron chi connectivity index (χ0n) is 16.2. The zero-order valence-corrected chi connectivity index (χ0v) is 16.2. The minimum atomic E-state index is 0.599. The van der Waals surface area contributed by atoms with Gasteiger partial charge in [-0.1, -0.05) is 52.4 Å². The molecule has 1 aromatic heterocycles. The fourth-order valence-electron chi connectivity index (χ4n) is 2.67. The van der Waals surface area contributed by atoms with Gasteiger partial charge in [0.25, 0.3) is 0 Å². The van der Waals surface area contributed by atoms with Crippen LogP contribution in [0.3, 0.4) is 0 Å². The molecule has 0 atom stereocenters. The lowest BCUT2D eigenvalue weighted by atomic mass is 10.1. The number of rotatable bonds is 13. The molecule has 0 amide bonds. The van der Waals surface area contributed by atoms with E-state index in [0.717, 1.165) is 42.9 Å². The molecule has 142 valence electrons. The first-order valence-electron chi connectivity index (χ1n) is 10.0. The second kappa shape index (κ2) is 12.3. The van der Waals surface area contributed by atoms with Crippen molar-refractivity contribution in [2.45, 2.75) is 65.2 Å². The Bertz CT molecular complexity index is 597. The third-order valence-electron chi connectivity index (χ3n) is 4.30. The monoisotopic (exact) mass is 356 g/mol. The summed E-state index contributed by atoms with van der Waals surface area (Å²) < 4.78 is 11.4. The van der Waals surface area contributed by atoms with Crippen LogP contribution in [0, 0.1) is 0 Å². The van der Waals surface area contributed by atoms with Gasteiger partial charge < -0.3 is 9.47 Å². The molecule has 0 unspecified atom stereocenters. The Balaban J connectivity index is 1.74. The summed E-state index contributed by atoms with van der Waals surface area (Å²) in [5.41, 5.74) is 1.87. The number of aromatic nitrogens is 2. The van der Waals surface area contributed by atoms with Gasteiger partial charge in [0, 0.05) is 11.6 Å². The van der Waals surface area contributed by atoms with Crippen molar-refractivity contribution in [3.05, 3.63) is 36.4 Å². The van der Waals surface area contributed by atoms with Gasteiger partial charge in [-0.3, -0.25) is 0 Å². The van der Waals surface area contributed by atoms with E-state index in [1.807, 2.05) is 36.4 Å². The summed E-state index contributed by atoms with van der Waals surface area (Å²) in [6, 6.07) is 11.8. The number of benzene rings is 1. The minimum absolute atomic E-state index is 0.599. The molecule has 0 aliphatic carbocycles. The summed E-state index contributed by atoms with van der Waals surface area (Å²) in [5.74, 6) is 1.50. The van der Waals surface area contributed by atoms with Crippen LogP contribution in [0.2, 0.25) is 0 Å². The molecule has 1 aromatic carbocycles. The Morgan fingerprint density at radius 3 is 2.04 bits per heavy atom. The summed E-state index contributed by atoms with van der Waals surface area (Å²) in [4.78, 5) is 0. The van der Waals surface area contributed by atoms with E-state index >= 15 is 0 Å². The van der Waals surface area contributed by atoms with Crippen LogP contribution in [0.4, 0.5) is 0 Å². The standard InChI is InChI=1S/C22H32N2O2/c1-3-5-7-8-9-10-18-26-22-16-15-21(23-24-22)19-11-13-20(14-12-19)25-17-6-4-2/h11-16H,3-10,17-18H2,1-2H3. The van der Waals surface area contributed by atoms with Crippen LogP contribution in [0.1, 0.15) is 65.2 Å². The third kappa shape index (κ3) is 7.42. The van der Waals surface area contributed by atoms with Gasteiger partial charge in [0.1, 0.15) is 5.75 Å². The molecule has 1 heterocycles. The van der Waals surface area contributed by atoms with Crippen molar-refractivity contribution in [3.63, 3.8) is 0 Å². The lowest BCUT2D eigenvalue weighted by Gasteiger charge is -2.07. The minimum Gasteiger partial charge on any atom is -0.494 e. The molecule has 2 rings (SSSR count). The molecule has 26 heavy (non-hydrogen) atoms. The number of hydrogen-bond donors (Lipinski definition) is 0. The molecular weight excluding hydrogens is 324 g/mol. The highest BCUT2D eigenvalue weighted by Gasteiger charge is 2.03. The molecule has 0 saturated carbocycles. The van der Waals surface area contributed by atoms with Crippen LogP contribution in [-0.2, 0) is 0 Å². The molecule has 0 aliphatic rings. The molecule has 0 saturated heterocycles. The lowest BCUT2D eigenvalue weighted by Crippen LogP contribution is -2.00. The molecule has 0 fully saturated rings. The number of ether oxygens (including phenoxy) is 2. The molecule has 0 radical (unpaired) electrons. The van der Waals surface area contributed by atoms with Crippen molar-refractivity contribution in [2.24, 2.45) is 0 Å². The van der Waals surface area contributed by atoms with Crippen LogP contribution >= 0.6 is 0 Å². The highest BCUT2D eigenvalue weighted by atomic mass is 16.5. The summed E-state index contributed by atoms with van der Waals surface area (Å²) in [7, 11) is 0. The van der Waals surface area contributed by atoms with E-state index in [4.69, 9.17) is 9.47 Å². The molecule has 4 nitrogen and oxygen atoms in total. The average Bonchev–Trinajstić information content (AvgIpc) is 2.69. The van der Waals surface area contributed by atoms with Gasteiger partial charge in [-0.05, 0) is 43.2 Å². The maximum Gasteiger partial charge on any atom is 0.233 e. The van der Waals surface area contributed by atoms with Crippen molar-refractivity contribution >= 4 is 0 Å². The van der Waals surface area contributed by atoms with Crippen molar-refractivity contribution in [1.29, 1.82) is 0 Å². The highest BCUT2D eigenvalue weighted by Crippen LogP contribution is 2.21. The summed E-state index contributed by atoms with van der Waals surface area (Å²) in [5, 5.41) is 8.46. The topological polar surface area (TPSA) is 44.2 Å². The quantitative estimate of drug-likeness (QED) is 0.409. The summed E-state index contributed by atoms with van der Waals surface area (Å²) >= 11 is 0. The van der Waals surface area contributed by atoms with E-state index in [0.29, 0.717) is 12.5 Å². The first kappa shape index (κ1) is 20.2. The van der Waals surface area contributed by atoms with Crippen molar-refractivity contribution in [3.8, 4) is 22.9 Å². The second-order valence-corrected chi connectivity index (χ2v) is 6.60. The Hall–Kier alpha value is -2.10. The van der Waals surface area contributed by atoms with E-state index in [2.05, 4.69) is 24.0 Å². The van der Waals surface area contributed by atoms with Crippen LogP contribution in [-0.4, -0.2) is 23.4 Å². The smallest absolute Gasteiger partial charge is 0.233 e. The molecular formula is C22H32N2O2. The van der Waals surface area contributed by atoms with Crippen LogP contribution < -0.4 is 9.47 Å². The first-order chi connectivity index (χ1) is 12.8. The van der Waals surface area contributed by atoms with Gasteiger partial charge in [-0.2, -0.15) is 0 Å². The van der Waals surface area contributed by atoms with E-state index in [-0.39, 0.29) is 0 Å². The Labute approximate surface area is 158 Å². The Kier molecular flexibility index (Phi) is 9.55. The largest absolute Gasteiger partial charge is 0.494 e. The van der Waals surface area contributed by atoms with Gasteiger partial charge in [-0.25, -0.2) is 0 Å². The van der Waals surface area contributed by atoms with Gasteiger partial charge in [-0.15, -0.1) is 10.2 Å². The summed E-state index contributed by atoms with van der Waals surface area (Å²) in [6.07, 6.45) is 9.75. The Morgan fingerprint density at radius 2 is 1.35 bits per heavy atom. The van der Waals surface area contributed by atoms with Crippen LogP contribution in [0.5, 0.6) is 11.6 Å². The average molecular weight is 357 g/mol. The predicted molar refractivity (Wildman–Crippen MR) is 107 cm³/mol. The highest BCUT2D eigenvalue weighted by molar-refractivity contribution is 5.59. The van der Waals surface area contributed by atoms with Crippen LogP contribution in [0.25, 0.3) is 11.3 Å². The number of nitrogens with zero attached hydrogens (tertiary/aromatic N) is 2. The number of hydrogen-bond acceptors (Lipinski definition) is 4. The maximum atomic E-state index is 5.69. The first-order valence-corrected chi connectivity index (χ1v) is 10.0. The third-order valence-corrected chi connectivity index (χ3v) is 4.30. The fourth-order valence-corrected chi connectivity index (χ4v) is 2.67. The van der Waals surface area contributed by atoms with Crippen molar-refractivity contribution in [2.75, 3.05) is 13.2 Å². The molecule has 0 aliphatic heterocycles. The van der Waals surface area contributed by atoms with E-state index < -0.39 is 0 Å². The fraction of sp³-hybridized carbons (Fsp3) is 0.545. The van der Waals surface area contributed by atoms with Crippen molar-refractivity contribution < 1.29 is 9.47 Å². The van der Waals surface area contributed by atoms with Gasteiger partial charge in [0.2, 0.25) is 5.88 Å². The maximum absolute atomic E-state index is 5.69. The van der Waals surface area contributed by atoms with Gasteiger partial charge in [0.05, 0.1) is 18.9 Å². The molecule has 0 spiro atoms. The van der Waals surface area contributed by atoms with E-state index in [9.17, 15) is 0 Å².